The Hall–Kier alpha value is -0.220. The average Bonchev–Trinajstić information content (AvgIpc) is 1.79. The van der Waals surface area contributed by atoms with Crippen molar-refractivity contribution in [3.05, 3.63) is 0 Å². The van der Waals surface area contributed by atoms with Gasteiger partial charge >= 0.3 is 0 Å². The van der Waals surface area contributed by atoms with Crippen LogP contribution in [0.1, 0.15) is 0 Å². The molecule has 0 aromatic heterocycles. The molecule has 13 heavy (non-hydrogen) atoms. The van der Waals surface area contributed by atoms with E-state index in [4.69, 9.17) is 14.2 Å². The third-order valence-corrected chi connectivity index (χ3v) is 2.94. The lowest BCUT2D eigenvalue weighted by atomic mass is 10.2. The summed E-state index contributed by atoms with van der Waals surface area (Å²) >= 11 is 0. The van der Waals surface area contributed by atoms with E-state index < -0.39 is 44.3 Å². The average molecular weight is 234 g/mol. The molecule has 0 aromatic rings. The van der Waals surface area contributed by atoms with Crippen LogP contribution in [0.15, 0.2) is 0 Å². The van der Waals surface area contributed by atoms with E-state index in [0.717, 1.165) is 0 Å². The largest absolute Gasteiger partial charge is 0.396 e. The van der Waals surface area contributed by atoms with E-state index >= 15 is 0 Å². The van der Waals surface area contributed by atoms with Crippen LogP contribution in [0.4, 0.5) is 0 Å². The van der Waals surface area contributed by atoms with Gasteiger partial charge in [0.05, 0.1) is 11.5 Å². The van der Waals surface area contributed by atoms with Gasteiger partial charge in [-0.25, -0.2) is 0 Å². The fourth-order valence-electron chi connectivity index (χ4n) is 0.749. The van der Waals surface area contributed by atoms with E-state index in [2.05, 4.69) is 0 Å². The molecule has 80 valence electrons. The van der Waals surface area contributed by atoms with Gasteiger partial charge in [0, 0.05) is 12.5 Å². The maximum absolute atomic E-state index is 10.3. The Morgan fingerprint density at radius 2 is 1.23 bits per heavy atom. The second-order valence-corrected chi connectivity index (χ2v) is 5.54. The highest BCUT2D eigenvalue weighted by molar-refractivity contribution is 7.86. The zero-order valence-corrected chi connectivity index (χ0v) is 8.12. The zero-order chi connectivity index (χ0) is 10.7. The van der Waals surface area contributed by atoms with E-state index in [1.54, 1.807) is 0 Å². The predicted molar refractivity (Wildman–Crippen MR) is 43.4 cm³/mol. The second kappa shape index (κ2) is 4.33. The molecular weight excluding hydrogens is 224 g/mol. The first-order chi connectivity index (χ1) is 5.64. The summed E-state index contributed by atoms with van der Waals surface area (Å²) in [5.74, 6) is -3.02. The first-order valence-electron chi connectivity index (χ1n) is 3.15. The second-order valence-electron chi connectivity index (χ2n) is 2.55. The van der Waals surface area contributed by atoms with Crippen LogP contribution in [0, 0.1) is 5.92 Å². The normalized spacial score (nSPS) is 13.5. The van der Waals surface area contributed by atoms with Crippen molar-refractivity contribution in [1.82, 2.24) is 0 Å². The van der Waals surface area contributed by atoms with Gasteiger partial charge in [-0.15, -0.1) is 0 Å². The number of hydrogen-bond donors (Lipinski definition) is 3. The highest BCUT2D eigenvalue weighted by Crippen LogP contribution is 2.03. The standard InChI is InChI=1S/C4H10O7S2/c5-1-4(2-12(6,7)8)3-13(9,10)11/h4-5H,1-3H2,(H,6,7,8)(H,9,10,11). The monoisotopic (exact) mass is 234 g/mol. The van der Waals surface area contributed by atoms with Crippen molar-refractivity contribution < 1.29 is 31.0 Å². The molecule has 0 heterocycles. The molecule has 0 aliphatic rings. The van der Waals surface area contributed by atoms with Crippen LogP contribution in [0.3, 0.4) is 0 Å². The van der Waals surface area contributed by atoms with Gasteiger partial charge in [-0.2, -0.15) is 16.8 Å². The van der Waals surface area contributed by atoms with Crippen LogP contribution in [0.5, 0.6) is 0 Å². The molecule has 0 amide bonds. The van der Waals surface area contributed by atoms with Crippen molar-refractivity contribution in [3.8, 4) is 0 Å². The van der Waals surface area contributed by atoms with Gasteiger partial charge in [0.25, 0.3) is 20.2 Å². The molecule has 3 N–H and O–H groups in total. The van der Waals surface area contributed by atoms with Crippen molar-refractivity contribution in [1.29, 1.82) is 0 Å². The van der Waals surface area contributed by atoms with E-state index in [-0.39, 0.29) is 0 Å². The van der Waals surface area contributed by atoms with Crippen molar-refractivity contribution >= 4 is 20.2 Å². The number of aliphatic hydroxyl groups is 1. The summed E-state index contributed by atoms with van der Waals surface area (Å²) in [6.45, 7) is -0.750. The topological polar surface area (TPSA) is 129 Å². The molecule has 9 heteroatoms. The first kappa shape index (κ1) is 12.8. The molecule has 0 saturated heterocycles. The summed E-state index contributed by atoms with van der Waals surface area (Å²) in [7, 11) is -8.69. The molecule has 0 spiro atoms. The molecule has 0 rings (SSSR count). The minimum Gasteiger partial charge on any atom is -0.396 e. The Bertz CT molecular complexity index is 305. The molecule has 0 fully saturated rings. The van der Waals surface area contributed by atoms with E-state index in [9.17, 15) is 16.8 Å². The summed E-state index contributed by atoms with van der Waals surface area (Å²) in [6.07, 6.45) is 0. The van der Waals surface area contributed by atoms with Crippen LogP contribution >= 0.6 is 0 Å². The number of rotatable bonds is 5. The number of aliphatic hydroxyl groups excluding tert-OH is 1. The van der Waals surface area contributed by atoms with Crippen LogP contribution < -0.4 is 0 Å². The molecule has 0 radical (unpaired) electrons. The van der Waals surface area contributed by atoms with Gasteiger partial charge in [0.2, 0.25) is 0 Å². The summed E-state index contributed by atoms with van der Waals surface area (Å²) in [6, 6.07) is 0. The van der Waals surface area contributed by atoms with Crippen molar-refractivity contribution in [2.45, 2.75) is 0 Å². The van der Waals surface area contributed by atoms with E-state index in [1.807, 2.05) is 0 Å². The Morgan fingerprint density at radius 1 is 0.923 bits per heavy atom. The van der Waals surface area contributed by atoms with Gasteiger partial charge in [-0.3, -0.25) is 9.11 Å². The first-order valence-corrected chi connectivity index (χ1v) is 6.37. The quantitative estimate of drug-likeness (QED) is 0.487. The molecule has 0 unspecified atom stereocenters. The Morgan fingerprint density at radius 3 is 1.38 bits per heavy atom. The van der Waals surface area contributed by atoms with Gasteiger partial charge in [0.1, 0.15) is 0 Å². The van der Waals surface area contributed by atoms with Crippen LogP contribution in [-0.4, -0.2) is 49.2 Å². The smallest absolute Gasteiger partial charge is 0.265 e. The van der Waals surface area contributed by atoms with Gasteiger partial charge in [-0.1, -0.05) is 0 Å². The summed E-state index contributed by atoms with van der Waals surface area (Å²) in [5.41, 5.74) is 0. The third kappa shape index (κ3) is 8.12. The molecule has 7 nitrogen and oxygen atoms in total. The summed E-state index contributed by atoms with van der Waals surface area (Å²) in [4.78, 5) is 0. The molecule has 0 saturated carbocycles. The Balaban J connectivity index is 4.39. The lowest BCUT2D eigenvalue weighted by Gasteiger charge is -2.08. The molecule has 0 bridgehead atoms. The molecule has 0 atom stereocenters. The summed E-state index contributed by atoms with van der Waals surface area (Å²) in [5, 5.41) is 8.50. The van der Waals surface area contributed by atoms with Crippen LogP contribution in [0.2, 0.25) is 0 Å². The molecule has 0 aliphatic carbocycles. The van der Waals surface area contributed by atoms with Gasteiger partial charge in [-0.05, 0) is 0 Å². The fraction of sp³-hybridized carbons (Fsp3) is 1.00. The lowest BCUT2D eigenvalue weighted by molar-refractivity contribution is 0.246. The maximum Gasteiger partial charge on any atom is 0.265 e. The minimum absolute atomic E-state index is 0.750. The van der Waals surface area contributed by atoms with E-state index in [1.165, 1.54) is 0 Å². The van der Waals surface area contributed by atoms with Crippen molar-refractivity contribution in [2.75, 3.05) is 18.1 Å². The predicted octanol–water partition coefficient (Wildman–Crippen LogP) is -1.63. The van der Waals surface area contributed by atoms with Gasteiger partial charge < -0.3 is 5.11 Å². The molecule has 0 aliphatic heterocycles. The number of hydrogen-bond acceptors (Lipinski definition) is 5. The molecule has 0 aromatic carbocycles. The third-order valence-electron chi connectivity index (χ3n) is 1.15. The minimum atomic E-state index is -4.34. The SMILES string of the molecule is O=S(=O)(O)CC(CO)CS(=O)(=O)O. The van der Waals surface area contributed by atoms with E-state index in [0.29, 0.717) is 0 Å². The Labute approximate surface area is 75.9 Å². The van der Waals surface area contributed by atoms with Crippen LogP contribution in [0.25, 0.3) is 0 Å². The molecular formula is C4H10O7S2. The van der Waals surface area contributed by atoms with Gasteiger partial charge in [0.15, 0.2) is 0 Å². The zero-order valence-electron chi connectivity index (χ0n) is 6.49. The van der Waals surface area contributed by atoms with Crippen molar-refractivity contribution in [3.63, 3.8) is 0 Å². The fourth-order valence-corrected chi connectivity index (χ4v) is 2.54. The maximum atomic E-state index is 10.3. The lowest BCUT2D eigenvalue weighted by Crippen LogP contribution is -2.26. The highest BCUT2D eigenvalue weighted by Gasteiger charge is 2.21. The Kier molecular flexibility index (Phi) is 4.26. The summed E-state index contributed by atoms with van der Waals surface area (Å²) < 4.78 is 57.6. The van der Waals surface area contributed by atoms with Crippen LogP contribution in [-0.2, 0) is 20.2 Å². The highest BCUT2D eigenvalue weighted by atomic mass is 32.2. The van der Waals surface area contributed by atoms with Crippen molar-refractivity contribution in [2.24, 2.45) is 5.92 Å².